The average molecular weight is 337 g/mol. The van der Waals surface area contributed by atoms with Crippen molar-refractivity contribution in [2.45, 2.75) is 26.3 Å². The van der Waals surface area contributed by atoms with E-state index in [1.807, 2.05) is 19.3 Å². The molecule has 0 aromatic carbocycles. The number of nitrogens with one attached hydrogen (secondary N) is 1. The van der Waals surface area contributed by atoms with Gasteiger partial charge in [-0.25, -0.2) is 9.97 Å². The SMILES string of the molecule is Cc1nccn1CC1(CNC(=O)c2ccnc(-n3cnnc3)c2)CC1. The summed E-state index contributed by atoms with van der Waals surface area (Å²) in [5.74, 6) is 1.53. The largest absolute Gasteiger partial charge is 0.351 e. The third kappa shape index (κ3) is 3.28. The molecule has 0 spiro atoms. The lowest BCUT2D eigenvalue weighted by Crippen LogP contribution is -2.32. The van der Waals surface area contributed by atoms with E-state index in [0.717, 1.165) is 25.2 Å². The van der Waals surface area contributed by atoms with Crippen molar-refractivity contribution in [3.05, 3.63) is 54.8 Å². The van der Waals surface area contributed by atoms with Gasteiger partial charge in [0.2, 0.25) is 0 Å². The van der Waals surface area contributed by atoms with E-state index in [0.29, 0.717) is 17.9 Å². The van der Waals surface area contributed by atoms with Crippen LogP contribution in [0.3, 0.4) is 0 Å². The third-order valence-corrected chi connectivity index (χ3v) is 4.70. The fourth-order valence-electron chi connectivity index (χ4n) is 2.89. The highest BCUT2D eigenvalue weighted by atomic mass is 16.1. The zero-order valence-electron chi connectivity index (χ0n) is 14.0. The van der Waals surface area contributed by atoms with Crippen molar-refractivity contribution < 1.29 is 4.79 Å². The number of hydrogen-bond acceptors (Lipinski definition) is 5. The maximum absolute atomic E-state index is 12.5. The van der Waals surface area contributed by atoms with Gasteiger partial charge in [0.05, 0.1) is 0 Å². The van der Waals surface area contributed by atoms with Crippen molar-refractivity contribution in [1.29, 1.82) is 0 Å². The number of hydrogen-bond donors (Lipinski definition) is 1. The van der Waals surface area contributed by atoms with Gasteiger partial charge < -0.3 is 9.88 Å². The van der Waals surface area contributed by atoms with E-state index >= 15 is 0 Å². The smallest absolute Gasteiger partial charge is 0.251 e. The molecule has 8 heteroatoms. The van der Waals surface area contributed by atoms with Crippen molar-refractivity contribution in [2.75, 3.05) is 6.54 Å². The second-order valence-corrected chi connectivity index (χ2v) is 6.56. The minimum atomic E-state index is -0.0923. The lowest BCUT2D eigenvalue weighted by atomic mass is 10.1. The van der Waals surface area contributed by atoms with Crippen LogP contribution in [-0.4, -0.2) is 41.8 Å². The van der Waals surface area contributed by atoms with Crippen LogP contribution in [0, 0.1) is 12.3 Å². The molecule has 3 aromatic heterocycles. The molecule has 128 valence electrons. The zero-order chi connectivity index (χ0) is 17.3. The molecule has 0 atom stereocenters. The molecule has 8 nitrogen and oxygen atoms in total. The molecule has 25 heavy (non-hydrogen) atoms. The number of aryl methyl sites for hydroxylation is 1. The van der Waals surface area contributed by atoms with E-state index in [9.17, 15) is 4.79 Å². The second-order valence-electron chi connectivity index (χ2n) is 6.56. The quantitative estimate of drug-likeness (QED) is 0.734. The summed E-state index contributed by atoms with van der Waals surface area (Å²) in [6, 6.07) is 3.45. The first kappa shape index (κ1) is 15.5. The Bertz CT molecular complexity index is 880. The van der Waals surface area contributed by atoms with Gasteiger partial charge in [-0.3, -0.25) is 9.36 Å². The van der Waals surface area contributed by atoms with Crippen LogP contribution in [0.4, 0.5) is 0 Å². The van der Waals surface area contributed by atoms with E-state index in [4.69, 9.17) is 0 Å². The lowest BCUT2D eigenvalue weighted by molar-refractivity contribution is 0.0942. The van der Waals surface area contributed by atoms with Crippen LogP contribution in [0.1, 0.15) is 29.0 Å². The van der Waals surface area contributed by atoms with E-state index in [2.05, 4.69) is 30.0 Å². The van der Waals surface area contributed by atoms with Crippen molar-refractivity contribution in [3.8, 4) is 5.82 Å². The normalized spacial score (nSPS) is 15.1. The maximum atomic E-state index is 12.5. The standard InChI is InChI=1S/C17H19N7O/c1-13-18-6-7-23(13)10-17(3-4-17)9-20-16(25)14-2-5-19-15(8-14)24-11-21-22-12-24/h2,5-8,11-12H,3-4,9-10H2,1H3,(H,20,25). The van der Waals surface area contributed by atoms with Crippen LogP contribution in [0.2, 0.25) is 0 Å². The number of pyridine rings is 1. The zero-order valence-corrected chi connectivity index (χ0v) is 14.0. The van der Waals surface area contributed by atoms with Crippen molar-refractivity contribution in [2.24, 2.45) is 5.41 Å². The Morgan fingerprint density at radius 2 is 2.04 bits per heavy atom. The summed E-state index contributed by atoms with van der Waals surface area (Å²) in [4.78, 5) is 21.0. The monoisotopic (exact) mass is 337 g/mol. The van der Waals surface area contributed by atoms with Gasteiger partial charge in [-0.05, 0) is 31.9 Å². The van der Waals surface area contributed by atoms with E-state index in [-0.39, 0.29) is 11.3 Å². The number of imidazole rings is 1. The Kier molecular flexibility index (Phi) is 3.79. The van der Waals surface area contributed by atoms with Gasteiger partial charge in [-0.15, -0.1) is 10.2 Å². The van der Waals surface area contributed by atoms with Crippen LogP contribution in [-0.2, 0) is 6.54 Å². The summed E-state index contributed by atoms with van der Waals surface area (Å²) in [6.07, 6.45) is 10.8. The number of aromatic nitrogens is 6. The predicted octanol–water partition coefficient (Wildman–Crippen LogP) is 1.38. The maximum Gasteiger partial charge on any atom is 0.251 e. The molecule has 3 heterocycles. The van der Waals surface area contributed by atoms with Crippen LogP contribution >= 0.6 is 0 Å². The summed E-state index contributed by atoms with van der Waals surface area (Å²) in [5, 5.41) is 10.6. The van der Waals surface area contributed by atoms with Crippen LogP contribution in [0.15, 0.2) is 43.4 Å². The van der Waals surface area contributed by atoms with Crippen molar-refractivity contribution in [1.82, 2.24) is 34.6 Å². The predicted molar refractivity (Wildman–Crippen MR) is 90.1 cm³/mol. The molecular weight excluding hydrogens is 318 g/mol. The molecule has 1 amide bonds. The van der Waals surface area contributed by atoms with Crippen molar-refractivity contribution >= 4 is 5.91 Å². The lowest BCUT2D eigenvalue weighted by Gasteiger charge is -2.17. The highest BCUT2D eigenvalue weighted by molar-refractivity contribution is 5.94. The molecular formula is C17H19N7O. The Morgan fingerprint density at radius 3 is 2.72 bits per heavy atom. The first-order chi connectivity index (χ1) is 12.2. The Morgan fingerprint density at radius 1 is 1.24 bits per heavy atom. The molecule has 0 aliphatic heterocycles. The van der Waals surface area contributed by atoms with E-state index in [1.54, 1.807) is 35.6 Å². The van der Waals surface area contributed by atoms with E-state index < -0.39 is 0 Å². The van der Waals surface area contributed by atoms with E-state index in [1.165, 1.54) is 0 Å². The molecule has 1 aliphatic rings. The fourth-order valence-corrected chi connectivity index (χ4v) is 2.89. The van der Waals surface area contributed by atoms with Gasteiger partial charge in [0.25, 0.3) is 5.91 Å². The summed E-state index contributed by atoms with van der Waals surface area (Å²) in [5.41, 5.74) is 0.721. The Labute approximate surface area is 144 Å². The minimum Gasteiger partial charge on any atom is -0.351 e. The summed E-state index contributed by atoms with van der Waals surface area (Å²) in [6.45, 7) is 3.55. The molecule has 0 bridgehead atoms. The number of rotatable bonds is 6. The Hall–Kier alpha value is -3.03. The molecule has 1 aliphatic carbocycles. The van der Waals surface area contributed by atoms with Crippen LogP contribution in [0.25, 0.3) is 5.82 Å². The third-order valence-electron chi connectivity index (χ3n) is 4.70. The van der Waals surface area contributed by atoms with Gasteiger partial charge in [0, 0.05) is 42.7 Å². The first-order valence-corrected chi connectivity index (χ1v) is 8.22. The summed E-state index contributed by atoms with van der Waals surface area (Å²) < 4.78 is 3.82. The van der Waals surface area contributed by atoms with Crippen LogP contribution < -0.4 is 5.32 Å². The topological polar surface area (TPSA) is 90.5 Å². The Balaban J connectivity index is 1.41. The van der Waals surface area contributed by atoms with Crippen molar-refractivity contribution in [3.63, 3.8) is 0 Å². The van der Waals surface area contributed by atoms with Gasteiger partial charge in [-0.1, -0.05) is 0 Å². The number of carbonyl (C=O) groups excluding carboxylic acids is 1. The molecule has 4 rings (SSSR count). The number of nitrogens with zero attached hydrogens (tertiary/aromatic N) is 6. The van der Waals surface area contributed by atoms with Crippen LogP contribution in [0.5, 0.6) is 0 Å². The van der Waals surface area contributed by atoms with Gasteiger partial charge in [0.15, 0.2) is 0 Å². The molecule has 1 saturated carbocycles. The highest BCUT2D eigenvalue weighted by Gasteiger charge is 2.43. The summed E-state index contributed by atoms with van der Waals surface area (Å²) >= 11 is 0. The second kappa shape index (κ2) is 6.12. The minimum absolute atomic E-state index is 0.0923. The fraction of sp³-hybridized carbons (Fsp3) is 0.353. The van der Waals surface area contributed by atoms with Gasteiger partial charge in [-0.2, -0.15) is 0 Å². The van der Waals surface area contributed by atoms with Gasteiger partial charge >= 0.3 is 0 Å². The molecule has 0 saturated heterocycles. The average Bonchev–Trinajstić information content (AvgIpc) is 3.00. The molecule has 0 radical (unpaired) electrons. The number of amides is 1. The van der Waals surface area contributed by atoms with Gasteiger partial charge in [0.1, 0.15) is 24.3 Å². The highest BCUT2D eigenvalue weighted by Crippen LogP contribution is 2.46. The molecule has 3 aromatic rings. The molecule has 1 N–H and O–H groups in total. The first-order valence-electron chi connectivity index (χ1n) is 8.22. The molecule has 1 fully saturated rings. The molecule has 0 unspecified atom stereocenters. The summed E-state index contributed by atoms with van der Waals surface area (Å²) in [7, 11) is 0. The number of carbonyl (C=O) groups is 1.